The van der Waals surface area contributed by atoms with E-state index in [0.29, 0.717) is 22.7 Å². The van der Waals surface area contributed by atoms with E-state index in [9.17, 15) is 14.4 Å². The van der Waals surface area contributed by atoms with Crippen LogP contribution in [0.2, 0.25) is 0 Å². The minimum atomic E-state index is -0.876. The van der Waals surface area contributed by atoms with Gasteiger partial charge in [0.1, 0.15) is 19.0 Å². The Morgan fingerprint density at radius 3 is 2.12 bits per heavy atom. The molecule has 1 unspecified atom stereocenters. The summed E-state index contributed by atoms with van der Waals surface area (Å²) in [5.74, 6) is -2.19. The maximum absolute atomic E-state index is 13.0. The highest BCUT2D eigenvalue weighted by Gasteiger charge is 2.40. The van der Waals surface area contributed by atoms with Crippen molar-refractivity contribution in [3.8, 4) is 5.75 Å². The lowest BCUT2D eigenvalue weighted by atomic mass is 9.80. The Hall–Kier alpha value is -4.07. The third-order valence-electron chi connectivity index (χ3n) is 5.34. The van der Waals surface area contributed by atoms with Crippen molar-refractivity contribution in [1.29, 1.82) is 0 Å². The summed E-state index contributed by atoms with van der Waals surface area (Å²) in [6, 6.07) is 16.8. The number of esters is 3. The lowest BCUT2D eigenvalue weighted by molar-refractivity contribution is -0.141. The minimum absolute atomic E-state index is 0.130. The third kappa shape index (κ3) is 5.46. The van der Waals surface area contributed by atoms with Gasteiger partial charge in [-0.3, -0.25) is 4.79 Å². The zero-order valence-electron chi connectivity index (χ0n) is 19.5. The van der Waals surface area contributed by atoms with Crippen molar-refractivity contribution in [3.05, 3.63) is 88.3 Å². The third-order valence-corrected chi connectivity index (χ3v) is 5.34. The van der Waals surface area contributed by atoms with Crippen LogP contribution in [0.3, 0.4) is 0 Å². The Bertz CT molecular complexity index is 1130. The van der Waals surface area contributed by atoms with Crippen molar-refractivity contribution in [2.45, 2.75) is 26.4 Å². The fraction of sp³-hybridized carbons (Fsp3) is 0.269. The Balaban J connectivity index is 2.14. The molecule has 1 aliphatic heterocycles. The minimum Gasteiger partial charge on any atom is -0.489 e. The maximum atomic E-state index is 13.0. The van der Waals surface area contributed by atoms with Crippen LogP contribution < -0.4 is 10.1 Å². The lowest BCUT2D eigenvalue weighted by Gasteiger charge is -2.31. The van der Waals surface area contributed by atoms with E-state index in [1.54, 1.807) is 31.2 Å². The number of para-hydroxylation sites is 1. The zero-order valence-corrected chi connectivity index (χ0v) is 19.5. The molecular weight excluding hydrogens is 438 g/mol. The van der Waals surface area contributed by atoms with Crippen LogP contribution in [0.5, 0.6) is 5.75 Å². The number of carbonyl (C=O) groups excluding carboxylic acids is 3. The van der Waals surface area contributed by atoms with Gasteiger partial charge in [0.25, 0.3) is 0 Å². The molecule has 2 aromatic carbocycles. The molecule has 34 heavy (non-hydrogen) atoms. The van der Waals surface area contributed by atoms with Crippen molar-refractivity contribution in [2.24, 2.45) is 0 Å². The molecule has 0 spiro atoms. The van der Waals surface area contributed by atoms with Crippen LogP contribution in [-0.2, 0) is 35.2 Å². The zero-order chi connectivity index (χ0) is 24.7. The standard InChI is InChI=1S/C26H27NO7/c1-16-22(25(29)31-3)23(24(26(30)32-4)20(27-16)15-33-17(2)28)19-12-8-9-13-21(19)34-14-18-10-6-5-7-11-18/h5-13,23,27H,14-15H2,1-4H3. The number of dihydropyridines is 1. The van der Waals surface area contributed by atoms with Crippen molar-refractivity contribution >= 4 is 17.9 Å². The normalized spacial score (nSPS) is 15.4. The number of hydrogen-bond acceptors (Lipinski definition) is 8. The van der Waals surface area contributed by atoms with Gasteiger partial charge in [-0.15, -0.1) is 0 Å². The van der Waals surface area contributed by atoms with E-state index in [1.165, 1.54) is 21.1 Å². The summed E-state index contributed by atoms with van der Waals surface area (Å²) < 4.78 is 21.4. The highest BCUT2D eigenvalue weighted by molar-refractivity contribution is 6.00. The van der Waals surface area contributed by atoms with Crippen LogP contribution in [0, 0.1) is 0 Å². The fourth-order valence-corrected chi connectivity index (χ4v) is 3.81. The molecule has 0 bridgehead atoms. The SMILES string of the molecule is COC(=O)C1=C(C)NC(COC(C)=O)=C(C(=O)OC)C1c1ccccc1OCc1ccccc1. The number of nitrogens with one attached hydrogen (secondary N) is 1. The second-order valence-corrected chi connectivity index (χ2v) is 7.56. The molecule has 0 fully saturated rings. The summed E-state index contributed by atoms with van der Waals surface area (Å²) in [4.78, 5) is 37.3. The molecule has 2 aromatic rings. The average Bonchev–Trinajstić information content (AvgIpc) is 2.85. The summed E-state index contributed by atoms with van der Waals surface area (Å²) in [6.07, 6.45) is 0. The number of hydrogen-bond donors (Lipinski definition) is 1. The van der Waals surface area contributed by atoms with Gasteiger partial charge < -0.3 is 24.3 Å². The number of carbonyl (C=O) groups is 3. The van der Waals surface area contributed by atoms with Crippen LogP contribution >= 0.6 is 0 Å². The Morgan fingerprint density at radius 2 is 1.47 bits per heavy atom. The van der Waals surface area contributed by atoms with Crippen LogP contribution in [0.15, 0.2) is 77.1 Å². The molecule has 0 saturated heterocycles. The number of allylic oxidation sites excluding steroid dienone is 1. The summed E-state index contributed by atoms with van der Waals surface area (Å²) in [5.41, 5.74) is 2.66. The number of benzene rings is 2. The van der Waals surface area contributed by atoms with E-state index < -0.39 is 23.8 Å². The number of methoxy groups -OCH3 is 2. The van der Waals surface area contributed by atoms with E-state index in [-0.39, 0.29) is 24.4 Å². The topological polar surface area (TPSA) is 100 Å². The van der Waals surface area contributed by atoms with Gasteiger partial charge in [-0.05, 0) is 18.6 Å². The monoisotopic (exact) mass is 465 g/mol. The summed E-state index contributed by atoms with van der Waals surface area (Å²) >= 11 is 0. The second kappa shape index (κ2) is 11.2. The quantitative estimate of drug-likeness (QED) is 0.468. The molecule has 1 heterocycles. The molecule has 0 saturated carbocycles. The van der Waals surface area contributed by atoms with E-state index >= 15 is 0 Å². The lowest BCUT2D eigenvalue weighted by Crippen LogP contribution is -2.34. The molecule has 1 N–H and O–H groups in total. The van der Waals surface area contributed by atoms with E-state index in [1.807, 2.05) is 30.3 Å². The molecule has 0 amide bonds. The molecule has 1 atom stereocenters. The molecule has 0 radical (unpaired) electrons. The van der Waals surface area contributed by atoms with Crippen LogP contribution in [0.4, 0.5) is 0 Å². The van der Waals surface area contributed by atoms with Gasteiger partial charge in [0.05, 0.1) is 37.0 Å². The van der Waals surface area contributed by atoms with E-state index in [4.69, 9.17) is 18.9 Å². The Kier molecular flexibility index (Phi) is 8.08. The van der Waals surface area contributed by atoms with Gasteiger partial charge in [0.15, 0.2) is 0 Å². The fourth-order valence-electron chi connectivity index (χ4n) is 3.81. The first kappa shape index (κ1) is 24.6. The molecule has 8 nitrogen and oxygen atoms in total. The molecule has 0 aromatic heterocycles. The summed E-state index contributed by atoms with van der Waals surface area (Å²) in [5, 5.41) is 3.02. The number of ether oxygens (including phenoxy) is 4. The van der Waals surface area contributed by atoms with Crippen molar-refractivity contribution in [3.63, 3.8) is 0 Å². The largest absolute Gasteiger partial charge is 0.489 e. The van der Waals surface area contributed by atoms with Gasteiger partial charge in [-0.1, -0.05) is 48.5 Å². The van der Waals surface area contributed by atoms with Crippen molar-refractivity contribution in [1.82, 2.24) is 5.32 Å². The summed E-state index contributed by atoms with van der Waals surface area (Å²) in [6.45, 7) is 3.05. The second-order valence-electron chi connectivity index (χ2n) is 7.56. The molecule has 8 heteroatoms. The Labute approximate surface area is 198 Å². The molecule has 178 valence electrons. The average molecular weight is 466 g/mol. The molecular formula is C26H27NO7. The van der Waals surface area contributed by atoms with Gasteiger partial charge in [-0.25, -0.2) is 9.59 Å². The van der Waals surface area contributed by atoms with Gasteiger partial charge >= 0.3 is 17.9 Å². The van der Waals surface area contributed by atoms with Crippen LogP contribution in [0.25, 0.3) is 0 Å². The van der Waals surface area contributed by atoms with Gasteiger partial charge in [0, 0.05) is 18.2 Å². The Morgan fingerprint density at radius 1 is 0.853 bits per heavy atom. The van der Waals surface area contributed by atoms with Crippen LogP contribution in [0.1, 0.15) is 30.9 Å². The predicted octanol–water partition coefficient (Wildman–Crippen LogP) is 3.39. The molecule has 1 aliphatic rings. The highest BCUT2D eigenvalue weighted by Crippen LogP contribution is 2.43. The van der Waals surface area contributed by atoms with Crippen molar-refractivity contribution < 1.29 is 33.3 Å². The van der Waals surface area contributed by atoms with Gasteiger partial charge in [-0.2, -0.15) is 0 Å². The smallest absolute Gasteiger partial charge is 0.336 e. The highest BCUT2D eigenvalue weighted by atomic mass is 16.5. The predicted molar refractivity (Wildman–Crippen MR) is 123 cm³/mol. The van der Waals surface area contributed by atoms with Crippen LogP contribution in [-0.4, -0.2) is 38.7 Å². The number of rotatable bonds is 8. The summed E-state index contributed by atoms with van der Waals surface area (Å²) in [7, 11) is 2.52. The molecule has 3 rings (SSSR count). The first-order valence-electron chi connectivity index (χ1n) is 10.6. The molecule has 0 aliphatic carbocycles. The first-order chi connectivity index (χ1) is 16.4. The van der Waals surface area contributed by atoms with Gasteiger partial charge in [0.2, 0.25) is 0 Å². The van der Waals surface area contributed by atoms with Crippen molar-refractivity contribution in [2.75, 3.05) is 20.8 Å². The maximum Gasteiger partial charge on any atom is 0.336 e. The van der Waals surface area contributed by atoms with E-state index in [0.717, 1.165) is 5.56 Å². The van der Waals surface area contributed by atoms with E-state index in [2.05, 4.69) is 5.32 Å². The first-order valence-corrected chi connectivity index (χ1v) is 10.6.